The third-order valence-corrected chi connectivity index (χ3v) is 3.61. The van der Waals surface area contributed by atoms with Crippen molar-refractivity contribution in [2.24, 2.45) is 0 Å². The Bertz CT molecular complexity index is 659. The van der Waals surface area contributed by atoms with E-state index in [0.717, 1.165) is 0 Å². The van der Waals surface area contributed by atoms with E-state index in [1.54, 1.807) is 6.92 Å². The first kappa shape index (κ1) is 18.7. The van der Waals surface area contributed by atoms with Crippen molar-refractivity contribution in [2.45, 2.75) is 38.4 Å². The van der Waals surface area contributed by atoms with Crippen LogP contribution in [0.25, 0.3) is 0 Å². The number of aromatic nitrogens is 1. The third kappa shape index (κ3) is 4.94. The largest absolute Gasteiger partial charge is 0.471 e. The van der Waals surface area contributed by atoms with Crippen molar-refractivity contribution < 1.29 is 32.1 Å². The van der Waals surface area contributed by atoms with Crippen LogP contribution in [-0.4, -0.2) is 53.1 Å². The average Bonchev–Trinajstić information content (AvgIpc) is 3.14. The Kier molecular flexibility index (Phi) is 5.65. The fourth-order valence-corrected chi connectivity index (χ4v) is 2.49. The number of rotatable bonds is 5. The molecule has 0 aromatic carbocycles. The fraction of sp³-hybridized carbons (Fsp3) is 0.571. The van der Waals surface area contributed by atoms with Gasteiger partial charge < -0.3 is 20.1 Å². The molecule has 1 atom stereocenters. The highest BCUT2D eigenvalue weighted by molar-refractivity contribution is 5.92. The Balaban J connectivity index is 1.79. The normalized spacial score (nSPS) is 17.4. The van der Waals surface area contributed by atoms with Gasteiger partial charge in [0, 0.05) is 25.6 Å². The Morgan fingerprint density at radius 2 is 2.12 bits per heavy atom. The maximum atomic E-state index is 12.5. The number of nitrogens with one attached hydrogen (secondary N) is 2. The molecule has 11 heteroatoms. The lowest BCUT2D eigenvalue weighted by Gasteiger charge is -2.24. The summed E-state index contributed by atoms with van der Waals surface area (Å²) >= 11 is 0. The number of hydrogen-bond acceptors (Lipinski definition) is 5. The van der Waals surface area contributed by atoms with Gasteiger partial charge in [0.15, 0.2) is 5.82 Å². The molecular formula is C14H17F3N4O4. The predicted molar refractivity (Wildman–Crippen MR) is 78.3 cm³/mol. The third-order valence-electron chi connectivity index (χ3n) is 3.61. The molecule has 1 aromatic heterocycles. The van der Waals surface area contributed by atoms with Crippen LogP contribution in [-0.2, 0) is 14.4 Å². The van der Waals surface area contributed by atoms with E-state index in [1.807, 2.05) is 0 Å². The number of amides is 3. The van der Waals surface area contributed by atoms with Gasteiger partial charge in [-0.05, 0) is 19.8 Å². The van der Waals surface area contributed by atoms with Crippen molar-refractivity contribution in [1.82, 2.24) is 15.4 Å². The first-order valence-corrected chi connectivity index (χ1v) is 7.57. The van der Waals surface area contributed by atoms with Gasteiger partial charge in [-0.15, -0.1) is 0 Å². The van der Waals surface area contributed by atoms with Crippen molar-refractivity contribution in [3.8, 4) is 0 Å². The van der Waals surface area contributed by atoms with Gasteiger partial charge in [0.25, 0.3) is 0 Å². The Labute approximate surface area is 140 Å². The fourth-order valence-electron chi connectivity index (χ4n) is 2.49. The molecule has 25 heavy (non-hydrogen) atoms. The molecule has 1 aliphatic heterocycles. The SMILES string of the molecule is Cc1cc(NC(=O)CCNC(=O)C2CCCN2C(=O)C(F)(F)F)no1. The van der Waals surface area contributed by atoms with Crippen LogP contribution in [0.15, 0.2) is 10.6 Å². The number of likely N-dealkylation sites (tertiary alicyclic amines) is 1. The maximum Gasteiger partial charge on any atom is 0.471 e. The molecule has 8 nitrogen and oxygen atoms in total. The summed E-state index contributed by atoms with van der Waals surface area (Å²) in [6.45, 7) is 1.45. The second kappa shape index (κ2) is 7.53. The topological polar surface area (TPSA) is 105 Å². The molecule has 2 N–H and O–H groups in total. The van der Waals surface area contributed by atoms with Gasteiger partial charge in [-0.2, -0.15) is 13.2 Å². The average molecular weight is 362 g/mol. The van der Waals surface area contributed by atoms with Gasteiger partial charge in [-0.25, -0.2) is 0 Å². The van der Waals surface area contributed by atoms with Gasteiger partial charge in [0.05, 0.1) is 0 Å². The molecule has 0 radical (unpaired) electrons. The summed E-state index contributed by atoms with van der Waals surface area (Å²) < 4.78 is 42.3. The molecule has 138 valence electrons. The number of halogens is 3. The van der Waals surface area contributed by atoms with Gasteiger partial charge >= 0.3 is 12.1 Å². The van der Waals surface area contributed by atoms with Gasteiger partial charge in [-0.1, -0.05) is 5.16 Å². The van der Waals surface area contributed by atoms with E-state index in [1.165, 1.54) is 6.07 Å². The molecule has 1 aliphatic rings. The summed E-state index contributed by atoms with van der Waals surface area (Å²) in [5.74, 6) is -2.43. The number of nitrogens with zero attached hydrogens (tertiary/aromatic N) is 2. The Morgan fingerprint density at radius 3 is 2.72 bits per heavy atom. The van der Waals surface area contributed by atoms with Crippen LogP contribution in [0.4, 0.5) is 19.0 Å². The van der Waals surface area contributed by atoms with E-state index in [0.29, 0.717) is 17.1 Å². The molecule has 2 rings (SSSR count). The lowest BCUT2D eigenvalue weighted by molar-refractivity contribution is -0.186. The molecule has 3 amide bonds. The Morgan fingerprint density at radius 1 is 1.40 bits per heavy atom. The van der Waals surface area contributed by atoms with Gasteiger partial charge in [0.1, 0.15) is 11.8 Å². The number of carbonyl (C=O) groups is 3. The van der Waals surface area contributed by atoms with Crippen molar-refractivity contribution in [3.63, 3.8) is 0 Å². The molecule has 0 aliphatic carbocycles. The second-order valence-corrected chi connectivity index (χ2v) is 5.57. The van der Waals surface area contributed by atoms with E-state index < -0.39 is 29.9 Å². The summed E-state index contributed by atoms with van der Waals surface area (Å²) in [5.41, 5.74) is 0. The summed E-state index contributed by atoms with van der Waals surface area (Å²) in [6, 6.07) is 0.339. The van der Waals surface area contributed by atoms with Crippen molar-refractivity contribution >= 4 is 23.5 Å². The van der Waals surface area contributed by atoms with E-state index in [9.17, 15) is 27.6 Å². The van der Waals surface area contributed by atoms with Crippen LogP contribution in [0.5, 0.6) is 0 Å². The Hall–Kier alpha value is -2.59. The monoisotopic (exact) mass is 362 g/mol. The van der Waals surface area contributed by atoms with E-state index in [4.69, 9.17) is 4.52 Å². The van der Waals surface area contributed by atoms with Gasteiger partial charge in [0.2, 0.25) is 11.8 Å². The van der Waals surface area contributed by atoms with Crippen molar-refractivity contribution in [2.75, 3.05) is 18.4 Å². The number of hydrogen-bond donors (Lipinski definition) is 2. The highest BCUT2D eigenvalue weighted by atomic mass is 19.4. The van der Waals surface area contributed by atoms with E-state index >= 15 is 0 Å². The zero-order valence-electron chi connectivity index (χ0n) is 13.4. The van der Waals surface area contributed by atoms with Crippen LogP contribution >= 0.6 is 0 Å². The number of carbonyl (C=O) groups excluding carboxylic acids is 3. The quantitative estimate of drug-likeness (QED) is 0.813. The van der Waals surface area contributed by atoms with E-state index in [2.05, 4.69) is 15.8 Å². The van der Waals surface area contributed by atoms with E-state index in [-0.39, 0.29) is 31.7 Å². The standard InChI is InChI=1S/C14H17F3N4O4/c1-8-7-10(20-25-8)19-11(22)4-5-18-12(23)9-3-2-6-21(9)13(24)14(15,16)17/h7,9H,2-6H2,1H3,(H,18,23)(H,19,20,22). The van der Waals surface area contributed by atoms with Crippen LogP contribution in [0.2, 0.25) is 0 Å². The summed E-state index contributed by atoms with van der Waals surface area (Å²) in [4.78, 5) is 35.5. The number of aryl methyl sites for hydroxylation is 1. The van der Waals surface area contributed by atoms with Crippen LogP contribution in [0, 0.1) is 6.92 Å². The first-order valence-electron chi connectivity index (χ1n) is 7.57. The molecule has 1 unspecified atom stereocenters. The highest BCUT2D eigenvalue weighted by Crippen LogP contribution is 2.25. The molecule has 0 spiro atoms. The smallest absolute Gasteiger partial charge is 0.360 e. The lowest BCUT2D eigenvalue weighted by Crippen LogP contribution is -2.50. The summed E-state index contributed by atoms with van der Waals surface area (Å²) in [6.07, 6.45) is -4.65. The minimum Gasteiger partial charge on any atom is -0.360 e. The van der Waals surface area contributed by atoms with Crippen molar-refractivity contribution in [3.05, 3.63) is 11.8 Å². The molecule has 1 fully saturated rings. The van der Waals surface area contributed by atoms with Crippen LogP contribution in [0.3, 0.4) is 0 Å². The molecular weight excluding hydrogens is 345 g/mol. The van der Waals surface area contributed by atoms with Crippen LogP contribution in [0.1, 0.15) is 25.0 Å². The van der Waals surface area contributed by atoms with Crippen molar-refractivity contribution in [1.29, 1.82) is 0 Å². The zero-order valence-corrected chi connectivity index (χ0v) is 13.4. The lowest BCUT2D eigenvalue weighted by atomic mass is 10.2. The molecule has 1 aromatic rings. The first-order chi connectivity index (χ1) is 11.7. The molecule has 2 heterocycles. The minimum atomic E-state index is -5.02. The second-order valence-electron chi connectivity index (χ2n) is 5.57. The maximum absolute atomic E-state index is 12.5. The molecule has 1 saturated heterocycles. The zero-order chi connectivity index (χ0) is 18.6. The minimum absolute atomic E-state index is 0.0773. The molecule has 0 bridgehead atoms. The predicted octanol–water partition coefficient (Wildman–Crippen LogP) is 0.981. The van der Waals surface area contributed by atoms with Crippen LogP contribution < -0.4 is 10.6 Å². The summed E-state index contributed by atoms with van der Waals surface area (Å²) in [7, 11) is 0. The summed E-state index contributed by atoms with van der Waals surface area (Å²) in [5, 5.41) is 8.39. The highest BCUT2D eigenvalue weighted by Gasteiger charge is 2.47. The number of anilines is 1. The number of alkyl halides is 3. The van der Waals surface area contributed by atoms with Gasteiger partial charge in [-0.3, -0.25) is 14.4 Å². The molecule has 0 saturated carbocycles.